The minimum Gasteiger partial charge on any atom is -0.324 e. The molecular weight excluding hydrogens is 348 g/mol. The maximum atomic E-state index is 12.3. The first-order valence-electron chi connectivity index (χ1n) is 7.90. The highest BCUT2D eigenvalue weighted by Crippen LogP contribution is 2.33. The first-order chi connectivity index (χ1) is 12.3. The standard InChI is InChI=1S/C20H18N2OS2/c23-20(15-24-14-16-7-6-12-21-13-16)22-18-10-4-5-11-19(18)25-17-8-2-1-3-9-17/h1-13H,14-15H2,(H,22,23). The fraction of sp³-hybridized carbons (Fsp3) is 0.100. The van der Waals surface area contributed by atoms with Crippen LogP contribution in [0.2, 0.25) is 0 Å². The molecule has 0 radical (unpaired) electrons. The van der Waals surface area contributed by atoms with Crippen LogP contribution in [0.1, 0.15) is 5.56 Å². The molecule has 0 spiro atoms. The van der Waals surface area contributed by atoms with Crippen molar-refractivity contribution in [1.82, 2.24) is 4.98 Å². The molecule has 0 saturated heterocycles. The summed E-state index contributed by atoms with van der Waals surface area (Å²) >= 11 is 3.23. The largest absolute Gasteiger partial charge is 0.324 e. The van der Waals surface area contributed by atoms with Gasteiger partial charge in [-0.2, -0.15) is 0 Å². The fourth-order valence-corrected chi connectivity index (χ4v) is 3.89. The van der Waals surface area contributed by atoms with Gasteiger partial charge in [0.1, 0.15) is 0 Å². The van der Waals surface area contributed by atoms with E-state index in [2.05, 4.69) is 22.4 Å². The van der Waals surface area contributed by atoms with E-state index in [1.165, 1.54) is 0 Å². The number of rotatable bonds is 7. The van der Waals surface area contributed by atoms with Crippen LogP contribution in [0.5, 0.6) is 0 Å². The van der Waals surface area contributed by atoms with E-state index in [1.807, 2.05) is 60.8 Å². The average molecular weight is 367 g/mol. The van der Waals surface area contributed by atoms with Gasteiger partial charge >= 0.3 is 0 Å². The summed E-state index contributed by atoms with van der Waals surface area (Å²) in [7, 11) is 0. The predicted octanol–water partition coefficient (Wildman–Crippen LogP) is 5.10. The monoisotopic (exact) mass is 366 g/mol. The molecule has 0 aliphatic heterocycles. The van der Waals surface area contributed by atoms with Gasteiger partial charge in [-0.1, -0.05) is 48.2 Å². The van der Waals surface area contributed by atoms with Crippen LogP contribution in [0.3, 0.4) is 0 Å². The normalized spacial score (nSPS) is 10.4. The van der Waals surface area contributed by atoms with Crippen LogP contribution in [-0.4, -0.2) is 16.6 Å². The molecule has 1 aromatic heterocycles. The molecule has 0 saturated carbocycles. The summed E-state index contributed by atoms with van der Waals surface area (Å²) in [4.78, 5) is 18.5. The van der Waals surface area contributed by atoms with Crippen molar-refractivity contribution in [1.29, 1.82) is 0 Å². The predicted molar refractivity (Wildman–Crippen MR) is 106 cm³/mol. The van der Waals surface area contributed by atoms with Crippen LogP contribution < -0.4 is 5.32 Å². The lowest BCUT2D eigenvalue weighted by Gasteiger charge is -2.10. The minimum absolute atomic E-state index is 0.00926. The number of nitrogens with one attached hydrogen (secondary N) is 1. The van der Waals surface area contributed by atoms with Gasteiger partial charge in [0.2, 0.25) is 5.91 Å². The molecule has 0 atom stereocenters. The molecule has 1 amide bonds. The Bertz CT molecular complexity index is 810. The molecule has 0 aliphatic rings. The number of amides is 1. The SMILES string of the molecule is O=C(CSCc1cccnc1)Nc1ccccc1Sc1ccccc1. The van der Waals surface area contributed by atoms with Crippen molar-refractivity contribution in [2.75, 3.05) is 11.1 Å². The van der Waals surface area contributed by atoms with Gasteiger partial charge in [0.15, 0.2) is 0 Å². The van der Waals surface area contributed by atoms with Crippen molar-refractivity contribution in [3.8, 4) is 0 Å². The third-order valence-electron chi connectivity index (χ3n) is 3.36. The average Bonchev–Trinajstić information content (AvgIpc) is 2.65. The van der Waals surface area contributed by atoms with Gasteiger partial charge in [-0.05, 0) is 35.9 Å². The Morgan fingerprint density at radius 1 is 0.960 bits per heavy atom. The molecule has 3 aromatic rings. The quantitative estimate of drug-likeness (QED) is 0.631. The first kappa shape index (κ1) is 17.6. The maximum absolute atomic E-state index is 12.3. The number of anilines is 1. The number of hydrogen-bond acceptors (Lipinski definition) is 4. The molecule has 0 fully saturated rings. The number of carbonyl (C=O) groups excluding carboxylic acids is 1. The Morgan fingerprint density at radius 2 is 1.76 bits per heavy atom. The van der Waals surface area contributed by atoms with Crippen LogP contribution in [0.25, 0.3) is 0 Å². The van der Waals surface area contributed by atoms with E-state index in [-0.39, 0.29) is 5.91 Å². The lowest BCUT2D eigenvalue weighted by molar-refractivity contribution is -0.113. The highest BCUT2D eigenvalue weighted by Gasteiger charge is 2.08. The van der Waals surface area contributed by atoms with Gasteiger partial charge in [-0.3, -0.25) is 9.78 Å². The molecule has 3 nitrogen and oxygen atoms in total. The molecule has 0 bridgehead atoms. The maximum Gasteiger partial charge on any atom is 0.234 e. The van der Waals surface area contributed by atoms with E-state index in [4.69, 9.17) is 0 Å². The van der Waals surface area contributed by atoms with Crippen molar-refractivity contribution in [3.05, 3.63) is 84.7 Å². The number of hydrogen-bond donors (Lipinski definition) is 1. The van der Waals surface area contributed by atoms with Crippen molar-refractivity contribution in [2.45, 2.75) is 15.5 Å². The van der Waals surface area contributed by atoms with Crippen LogP contribution in [0.4, 0.5) is 5.69 Å². The lowest BCUT2D eigenvalue weighted by atomic mass is 10.3. The van der Waals surface area contributed by atoms with E-state index in [9.17, 15) is 4.79 Å². The third-order valence-corrected chi connectivity index (χ3v) is 5.44. The van der Waals surface area contributed by atoms with Crippen molar-refractivity contribution in [3.63, 3.8) is 0 Å². The smallest absolute Gasteiger partial charge is 0.234 e. The second kappa shape index (κ2) is 9.30. The van der Waals surface area contributed by atoms with E-state index >= 15 is 0 Å². The van der Waals surface area contributed by atoms with Gasteiger partial charge in [0.25, 0.3) is 0 Å². The Hall–Kier alpha value is -2.24. The topological polar surface area (TPSA) is 42.0 Å². The molecule has 25 heavy (non-hydrogen) atoms. The molecule has 1 heterocycles. The minimum atomic E-state index is 0.00926. The summed E-state index contributed by atoms with van der Waals surface area (Å²) in [6, 6.07) is 22.0. The number of benzene rings is 2. The van der Waals surface area contributed by atoms with Crippen molar-refractivity contribution >= 4 is 35.1 Å². The van der Waals surface area contributed by atoms with Gasteiger partial charge < -0.3 is 5.32 Å². The van der Waals surface area contributed by atoms with E-state index in [0.717, 1.165) is 26.8 Å². The summed E-state index contributed by atoms with van der Waals surface area (Å²) in [6.45, 7) is 0. The van der Waals surface area contributed by atoms with Crippen molar-refractivity contribution in [2.24, 2.45) is 0 Å². The number of thioether (sulfide) groups is 1. The summed E-state index contributed by atoms with van der Waals surface area (Å²) in [5.41, 5.74) is 1.98. The number of para-hydroxylation sites is 1. The number of pyridine rings is 1. The molecule has 126 valence electrons. The molecule has 0 unspecified atom stereocenters. The Balaban J connectivity index is 1.56. The molecular formula is C20H18N2OS2. The van der Waals surface area contributed by atoms with Gasteiger partial charge in [0, 0.05) is 27.9 Å². The van der Waals surface area contributed by atoms with E-state index < -0.39 is 0 Å². The summed E-state index contributed by atoms with van der Waals surface area (Å²) in [5.74, 6) is 1.20. The zero-order chi connectivity index (χ0) is 17.3. The lowest BCUT2D eigenvalue weighted by Crippen LogP contribution is -2.14. The van der Waals surface area contributed by atoms with Crippen LogP contribution in [-0.2, 0) is 10.5 Å². The molecule has 5 heteroatoms. The zero-order valence-corrected chi connectivity index (χ0v) is 15.2. The highest BCUT2D eigenvalue weighted by molar-refractivity contribution is 7.99. The Morgan fingerprint density at radius 3 is 2.56 bits per heavy atom. The highest BCUT2D eigenvalue weighted by atomic mass is 32.2. The van der Waals surface area contributed by atoms with Gasteiger partial charge in [-0.15, -0.1) is 11.8 Å². The van der Waals surface area contributed by atoms with E-state index in [1.54, 1.807) is 29.7 Å². The molecule has 1 N–H and O–H groups in total. The summed E-state index contributed by atoms with van der Waals surface area (Å²) in [6.07, 6.45) is 3.58. The summed E-state index contributed by atoms with van der Waals surface area (Å²) in [5, 5.41) is 3.02. The van der Waals surface area contributed by atoms with Crippen LogP contribution in [0.15, 0.2) is 88.9 Å². The second-order valence-electron chi connectivity index (χ2n) is 5.31. The van der Waals surface area contributed by atoms with Crippen molar-refractivity contribution < 1.29 is 4.79 Å². The second-order valence-corrected chi connectivity index (χ2v) is 7.41. The number of carbonyl (C=O) groups is 1. The molecule has 3 rings (SSSR count). The number of nitrogens with zero attached hydrogens (tertiary/aromatic N) is 1. The van der Waals surface area contributed by atoms with E-state index in [0.29, 0.717) is 5.75 Å². The fourth-order valence-electron chi connectivity index (χ4n) is 2.21. The van der Waals surface area contributed by atoms with Gasteiger partial charge in [0.05, 0.1) is 11.4 Å². The Labute approximate surface area is 156 Å². The first-order valence-corrected chi connectivity index (χ1v) is 9.87. The number of aromatic nitrogens is 1. The zero-order valence-electron chi connectivity index (χ0n) is 13.6. The third kappa shape index (κ3) is 5.66. The Kier molecular flexibility index (Phi) is 6.54. The molecule has 0 aliphatic carbocycles. The van der Waals surface area contributed by atoms with Gasteiger partial charge in [-0.25, -0.2) is 0 Å². The molecule has 2 aromatic carbocycles. The van der Waals surface area contributed by atoms with Crippen LogP contribution >= 0.6 is 23.5 Å². The van der Waals surface area contributed by atoms with Crippen LogP contribution in [0, 0.1) is 0 Å². The summed E-state index contributed by atoms with van der Waals surface area (Å²) < 4.78 is 0.